The molecule has 0 saturated heterocycles. The number of ether oxygens (including phenoxy) is 2. The molecular weight excluding hydrogens is 316 g/mol. The second kappa shape index (κ2) is 7.97. The van der Waals surface area contributed by atoms with Crippen LogP contribution >= 0.6 is 0 Å². The summed E-state index contributed by atoms with van der Waals surface area (Å²) in [6.45, 7) is 3.76. The Morgan fingerprint density at radius 1 is 0.880 bits per heavy atom. The van der Waals surface area contributed by atoms with Crippen LogP contribution in [0.15, 0.2) is 48.5 Å². The van der Waals surface area contributed by atoms with Crippen LogP contribution in [0.2, 0.25) is 0 Å². The molecule has 0 heterocycles. The van der Waals surface area contributed by atoms with Crippen LogP contribution in [0.5, 0.6) is 11.5 Å². The fraction of sp³-hybridized carbons (Fsp3) is 0.333. The van der Waals surface area contributed by atoms with Gasteiger partial charge >= 0.3 is 0 Å². The Hall–Kier alpha value is -2.62. The zero-order chi connectivity index (χ0) is 18.4. The summed E-state index contributed by atoms with van der Waals surface area (Å²) in [5.41, 5.74) is 0.625. The maximum Gasteiger partial charge on any atom is 0.168 e. The molecule has 0 aliphatic rings. The summed E-state index contributed by atoms with van der Waals surface area (Å²) in [6, 6.07) is 14.3. The van der Waals surface area contributed by atoms with Crippen LogP contribution in [0.4, 0.5) is 0 Å². The van der Waals surface area contributed by atoms with E-state index in [-0.39, 0.29) is 11.6 Å². The minimum Gasteiger partial charge on any atom is -0.493 e. The van der Waals surface area contributed by atoms with Gasteiger partial charge in [0.15, 0.2) is 23.1 Å². The molecule has 0 N–H and O–H groups in total. The summed E-state index contributed by atoms with van der Waals surface area (Å²) in [4.78, 5) is 25.2. The van der Waals surface area contributed by atoms with Crippen LogP contribution in [0.3, 0.4) is 0 Å². The number of benzene rings is 2. The molecule has 132 valence electrons. The third kappa shape index (κ3) is 4.47. The van der Waals surface area contributed by atoms with Crippen molar-refractivity contribution in [2.24, 2.45) is 5.41 Å². The van der Waals surface area contributed by atoms with Crippen LogP contribution < -0.4 is 9.47 Å². The number of hydrogen-bond donors (Lipinski definition) is 0. The van der Waals surface area contributed by atoms with Gasteiger partial charge in [-0.05, 0) is 24.6 Å². The molecule has 0 fully saturated rings. The third-order valence-electron chi connectivity index (χ3n) is 4.33. The lowest BCUT2D eigenvalue weighted by Gasteiger charge is -2.22. The quantitative estimate of drug-likeness (QED) is 0.660. The number of Topliss-reactive ketones (excluding diaryl/α,β-unsaturated/α-hetero) is 2. The van der Waals surface area contributed by atoms with Gasteiger partial charge in [0.1, 0.15) is 0 Å². The molecular formula is C21H24O4. The molecule has 0 atom stereocenters. The van der Waals surface area contributed by atoms with Crippen molar-refractivity contribution in [3.05, 3.63) is 59.7 Å². The zero-order valence-corrected chi connectivity index (χ0v) is 15.2. The van der Waals surface area contributed by atoms with Gasteiger partial charge in [-0.2, -0.15) is 0 Å². The Morgan fingerprint density at radius 3 is 2.12 bits per heavy atom. The van der Waals surface area contributed by atoms with Gasteiger partial charge in [0.05, 0.1) is 14.2 Å². The van der Waals surface area contributed by atoms with Crippen LogP contribution in [-0.4, -0.2) is 25.8 Å². The van der Waals surface area contributed by atoms with E-state index in [1.165, 1.54) is 7.11 Å². The number of carbonyl (C=O) groups is 2. The van der Waals surface area contributed by atoms with Crippen molar-refractivity contribution in [2.45, 2.75) is 26.7 Å². The molecule has 0 aliphatic heterocycles. The highest BCUT2D eigenvalue weighted by atomic mass is 16.5. The summed E-state index contributed by atoms with van der Waals surface area (Å²) in [5, 5.41) is 0. The van der Waals surface area contributed by atoms with Crippen molar-refractivity contribution in [3.8, 4) is 11.5 Å². The lowest BCUT2D eigenvalue weighted by molar-refractivity contribution is 0.0810. The van der Waals surface area contributed by atoms with Gasteiger partial charge in [-0.25, -0.2) is 0 Å². The van der Waals surface area contributed by atoms with E-state index in [0.717, 1.165) is 0 Å². The van der Waals surface area contributed by atoms with E-state index in [4.69, 9.17) is 9.47 Å². The highest BCUT2D eigenvalue weighted by molar-refractivity contribution is 6.01. The van der Waals surface area contributed by atoms with Crippen molar-refractivity contribution < 1.29 is 19.1 Å². The molecule has 0 saturated carbocycles. The van der Waals surface area contributed by atoms with Crippen LogP contribution in [0, 0.1) is 5.41 Å². The van der Waals surface area contributed by atoms with Crippen molar-refractivity contribution in [2.75, 3.05) is 14.2 Å². The Bertz CT molecular complexity index is 748. The number of ketones is 2. The molecule has 0 bridgehead atoms. The molecule has 4 heteroatoms. The van der Waals surface area contributed by atoms with Crippen molar-refractivity contribution >= 4 is 11.6 Å². The number of rotatable bonds is 8. The molecule has 0 radical (unpaired) electrons. The van der Waals surface area contributed by atoms with Crippen molar-refractivity contribution in [1.29, 1.82) is 0 Å². The first-order chi connectivity index (χ1) is 11.9. The van der Waals surface area contributed by atoms with E-state index in [1.54, 1.807) is 37.4 Å². The normalized spacial score (nSPS) is 11.0. The van der Waals surface area contributed by atoms with Gasteiger partial charge in [0.2, 0.25) is 0 Å². The molecule has 0 aromatic heterocycles. The average molecular weight is 340 g/mol. The standard InChI is InChI=1S/C21H24O4/c1-21(2,20(23)15-8-6-5-7-9-15)13-12-17(22)16-10-11-18(24-3)19(14-16)25-4/h5-11,14H,12-13H2,1-4H3. The first-order valence-corrected chi connectivity index (χ1v) is 8.24. The largest absolute Gasteiger partial charge is 0.493 e. The lowest BCUT2D eigenvalue weighted by atomic mass is 9.79. The third-order valence-corrected chi connectivity index (χ3v) is 4.33. The predicted octanol–water partition coefficient (Wildman–Crippen LogP) is 4.58. The van der Waals surface area contributed by atoms with Gasteiger partial charge in [0.25, 0.3) is 0 Å². The topological polar surface area (TPSA) is 52.6 Å². The molecule has 0 unspecified atom stereocenters. The summed E-state index contributed by atoms with van der Waals surface area (Å²) in [6.07, 6.45) is 0.773. The fourth-order valence-electron chi connectivity index (χ4n) is 2.67. The monoisotopic (exact) mass is 340 g/mol. The summed E-state index contributed by atoms with van der Waals surface area (Å²) in [7, 11) is 3.09. The average Bonchev–Trinajstić information content (AvgIpc) is 2.65. The van der Waals surface area contributed by atoms with E-state index < -0.39 is 5.41 Å². The van der Waals surface area contributed by atoms with Crippen LogP contribution in [0.1, 0.15) is 47.4 Å². The highest BCUT2D eigenvalue weighted by Crippen LogP contribution is 2.31. The fourth-order valence-corrected chi connectivity index (χ4v) is 2.67. The zero-order valence-electron chi connectivity index (χ0n) is 15.2. The molecule has 2 rings (SSSR count). The Balaban J connectivity index is 2.07. The molecule has 2 aromatic carbocycles. The second-order valence-electron chi connectivity index (χ2n) is 6.57. The SMILES string of the molecule is COc1ccc(C(=O)CCC(C)(C)C(=O)c2ccccc2)cc1OC. The van der Waals surface area contributed by atoms with Gasteiger partial charge in [-0.1, -0.05) is 44.2 Å². The minimum absolute atomic E-state index is 0.0186. The van der Waals surface area contributed by atoms with Crippen molar-refractivity contribution in [3.63, 3.8) is 0 Å². The van der Waals surface area contributed by atoms with Gasteiger partial charge < -0.3 is 9.47 Å². The maximum absolute atomic E-state index is 12.7. The molecule has 0 aliphatic carbocycles. The minimum atomic E-state index is -0.604. The lowest BCUT2D eigenvalue weighted by Crippen LogP contribution is -2.25. The van der Waals surface area contributed by atoms with Crippen LogP contribution in [-0.2, 0) is 0 Å². The smallest absolute Gasteiger partial charge is 0.168 e. The number of hydrogen-bond acceptors (Lipinski definition) is 4. The number of carbonyl (C=O) groups excluding carboxylic acids is 2. The van der Waals surface area contributed by atoms with E-state index in [0.29, 0.717) is 35.5 Å². The Kier molecular flexibility index (Phi) is 5.97. The highest BCUT2D eigenvalue weighted by Gasteiger charge is 2.29. The molecule has 0 amide bonds. The first-order valence-electron chi connectivity index (χ1n) is 8.24. The van der Waals surface area contributed by atoms with Gasteiger partial charge in [-0.15, -0.1) is 0 Å². The van der Waals surface area contributed by atoms with E-state index >= 15 is 0 Å². The second-order valence-corrected chi connectivity index (χ2v) is 6.57. The maximum atomic E-state index is 12.7. The Morgan fingerprint density at radius 2 is 1.52 bits per heavy atom. The predicted molar refractivity (Wildman–Crippen MR) is 97.7 cm³/mol. The molecule has 2 aromatic rings. The van der Waals surface area contributed by atoms with Gasteiger partial charge in [-0.3, -0.25) is 9.59 Å². The molecule has 25 heavy (non-hydrogen) atoms. The van der Waals surface area contributed by atoms with E-state index in [9.17, 15) is 9.59 Å². The first kappa shape index (κ1) is 18.7. The number of methoxy groups -OCH3 is 2. The Labute approximate surface area is 148 Å². The van der Waals surface area contributed by atoms with Crippen molar-refractivity contribution in [1.82, 2.24) is 0 Å². The summed E-state index contributed by atoms with van der Waals surface area (Å²) in [5.74, 6) is 1.13. The van der Waals surface area contributed by atoms with E-state index in [2.05, 4.69) is 0 Å². The molecule has 4 nitrogen and oxygen atoms in total. The summed E-state index contributed by atoms with van der Waals surface area (Å²) >= 11 is 0. The van der Waals surface area contributed by atoms with Gasteiger partial charge in [0, 0.05) is 23.0 Å². The summed E-state index contributed by atoms with van der Waals surface area (Å²) < 4.78 is 10.4. The van der Waals surface area contributed by atoms with Crippen LogP contribution in [0.25, 0.3) is 0 Å². The molecule has 0 spiro atoms. The van der Waals surface area contributed by atoms with E-state index in [1.807, 2.05) is 32.0 Å².